The summed E-state index contributed by atoms with van der Waals surface area (Å²) >= 11 is 6.67. The highest BCUT2D eigenvalue weighted by Gasteiger charge is 2.06. The number of aromatic nitrogens is 1. The van der Waals surface area contributed by atoms with Gasteiger partial charge in [0.05, 0.1) is 0 Å². The number of thiazole rings is 1. The summed E-state index contributed by atoms with van der Waals surface area (Å²) in [5, 5.41) is 2.02. The normalized spacial score (nSPS) is 10.4. The highest BCUT2D eigenvalue weighted by molar-refractivity contribution is 9.10. The van der Waals surface area contributed by atoms with Gasteiger partial charge in [0.15, 0.2) is 4.34 Å². The first-order valence-corrected chi connectivity index (χ1v) is 7.02. The van der Waals surface area contributed by atoms with Crippen LogP contribution in [-0.4, -0.2) is 11.3 Å². The van der Waals surface area contributed by atoms with Crippen LogP contribution in [0.1, 0.15) is 16.1 Å². The molecule has 0 aliphatic rings. The van der Waals surface area contributed by atoms with Gasteiger partial charge in [0.25, 0.3) is 0 Å². The number of carbonyl (C=O) groups is 1. The molecule has 0 aliphatic heterocycles. The molecule has 82 valence electrons. The zero-order valence-corrected chi connectivity index (χ0v) is 11.7. The van der Waals surface area contributed by atoms with Gasteiger partial charge in [-0.05, 0) is 35.0 Å². The minimum absolute atomic E-state index is 0.673. The molecule has 2 rings (SSSR count). The third-order valence-corrected chi connectivity index (χ3v) is 4.94. The second-order valence-corrected chi connectivity index (χ2v) is 6.17. The Hall–Kier alpha value is -0.650. The molecular weight excluding hydrogens is 306 g/mol. The molecule has 1 aromatic heterocycles. The molecule has 2 nitrogen and oxygen atoms in total. The maximum atomic E-state index is 10.6. The van der Waals surface area contributed by atoms with Crippen LogP contribution >= 0.6 is 39.0 Å². The van der Waals surface area contributed by atoms with Crippen LogP contribution in [-0.2, 0) is 0 Å². The number of nitrogens with zero attached hydrogens (tertiary/aromatic N) is 1. The van der Waals surface area contributed by atoms with Crippen LogP contribution < -0.4 is 0 Å². The second-order valence-electron chi connectivity index (χ2n) is 3.16. The van der Waals surface area contributed by atoms with Crippen molar-refractivity contribution in [2.24, 2.45) is 0 Å². The molecule has 1 aromatic carbocycles. The Morgan fingerprint density at radius 3 is 2.88 bits per heavy atom. The van der Waals surface area contributed by atoms with Crippen LogP contribution in [0.15, 0.2) is 37.3 Å². The van der Waals surface area contributed by atoms with Crippen LogP contribution in [0, 0.1) is 6.92 Å². The lowest BCUT2D eigenvalue weighted by Gasteiger charge is -2.01. The van der Waals surface area contributed by atoms with Gasteiger partial charge in [-0.25, -0.2) is 4.98 Å². The molecule has 0 bridgehead atoms. The first-order valence-electron chi connectivity index (χ1n) is 4.54. The molecular formula is C11H8BrNOS2. The summed E-state index contributed by atoms with van der Waals surface area (Å²) in [5.41, 5.74) is 1.71. The number of carbonyl (C=O) groups excluding carboxylic acids is 1. The van der Waals surface area contributed by atoms with Gasteiger partial charge in [-0.1, -0.05) is 17.8 Å². The van der Waals surface area contributed by atoms with Gasteiger partial charge < -0.3 is 0 Å². The van der Waals surface area contributed by atoms with Crippen molar-refractivity contribution in [3.63, 3.8) is 0 Å². The molecule has 2 aromatic rings. The van der Waals surface area contributed by atoms with Gasteiger partial charge >= 0.3 is 0 Å². The molecule has 0 fully saturated rings. The standard InChI is InChI=1S/C11H8BrNOS2/c1-7-6-15-11(13-7)16-10-3-2-8(5-14)4-9(10)12/h2-6H,1H3. The third kappa shape index (κ3) is 2.72. The molecule has 16 heavy (non-hydrogen) atoms. The quantitative estimate of drug-likeness (QED) is 0.796. The average Bonchev–Trinajstić information content (AvgIpc) is 2.67. The monoisotopic (exact) mass is 313 g/mol. The number of halogens is 1. The van der Waals surface area contributed by atoms with E-state index in [2.05, 4.69) is 20.9 Å². The molecule has 0 atom stereocenters. The summed E-state index contributed by atoms with van der Waals surface area (Å²) < 4.78 is 1.94. The predicted molar refractivity (Wildman–Crippen MR) is 70.5 cm³/mol. The van der Waals surface area contributed by atoms with Crippen molar-refractivity contribution in [2.45, 2.75) is 16.2 Å². The summed E-state index contributed by atoms with van der Waals surface area (Å²) in [6, 6.07) is 5.55. The minimum atomic E-state index is 0.673. The number of benzene rings is 1. The van der Waals surface area contributed by atoms with Crippen LogP contribution in [0.4, 0.5) is 0 Å². The topological polar surface area (TPSA) is 30.0 Å². The largest absolute Gasteiger partial charge is 0.298 e. The Kier molecular flexibility index (Phi) is 3.78. The van der Waals surface area contributed by atoms with Crippen LogP contribution in [0.2, 0.25) is 0 Å². The third-order valence-electron chi connectivity index (χ3n) is 1.89. The van der Waals surface area contributed by atoms with E-state index in [1.807, 2.05) is 24.4 Å². The van der Waals surface area contributed by atoms with Crippen molar-refractivity contribution >= 4 is 45.3 Å². The van der Waals surface area contributed by atoms with Gasteiger partial charge in [0.2, 0.25) is 0 Å². The van der Waals surface area contributed by atoms with Gasteiger partial charge in [-0.15, -0.1) is 11.3 Å². The van der Waals surface area contributed by atoms with Gasteiger partial charge in [0, 0.05) is 26.0 Å². The van der Waals surface area contributed by atoms with E-state index in [1.54, 1.807) is 29.2 Å². The van der Waals surface area contributed by atoms with E-state index in [0.717, 1.165) is 25.7 Å². The van der Waals surface area contributed by atoms with Gasteiger partial charge in [-0.3, -0.25) is 4.79 Å². The molecule has 0 aliphatic carbocycles. The van der Waals surface area contributed by atoms with E-state index in [9.17, 15) is 4.79 Å². The fourth-order valence-electron chi connectivity index (χ4n) is 1.15. The molecule has 5 heteroatoms. The maximum Gasteiger partial charge on any atom is 0.154 e. The van der Waals surface area contributed by atoms with Crippen LogP contribution in [0.25, 0.3) is 0 Å². The van der Waals surface area contributed by atoms with E-state index in [-0.39, 0.29) is 0 Å². The Morgan fingerprint density at radius 1 is 1.50 bits per heavy atom. The first-order chi connectivity index (χ1) is 7.69. The highest BCUT2D eigenvalue weighted by atomic mass is 79.9. The molecule has 0 saturated heterocycles. The fourth-order valence-corrected chi connectivity index (χ4v) is 3.58. The second kappa shape index (κ2) is 5.12. The summed E-state index contributed by atoms with van der Waals surface area (Å²) in [7, 11) is 0. The van der Waals surface area contributed by atoms with Crippen LogP contribution in [0.3, 0.4) is 0 Å². The number of rotatable bonds is 3. The molecule has 1 heterocycles. The van der Waals surface area contributed by atoms with Gasteiger partial charge in [-0.2, -0.15) is 0 Å². The Bertz CT molecular complexity index is 524. The lowest BCUT2D eigenvalue weighted by molar-refractivity contribution is 0.112. The number of hydrogen-bond donors (Lipinski definition) is 0. The SMILES string of the molecule is Cc1csc(Sc2ccc(C=O)cc2Br)n1. The Balaban J connectivity index is 2.25. The smallest absolute Gasteiger partial charge is 0.154 e. The van der Waals surface area contributed by atoms with E-state index in [1.165, 1.54) is 0 Å². The molecule has 0 radical (unpaired) electrons. The summed E-state index contributed by atoms with van der Waals surface area (Å²) in [6.45, 7) is 1.98. The first kappa shape index (κ1) is 11.8. The Labute approximate surface area is 110 Å². The number of hydrogen-bond acceptors (Lipinski definition) is 4. The van der Waals surface area contributed by atoms with Crippen molar-refractivity contribution in [1.29, 1.82) is 0 Å². The molecule has 0 amide bonds. The fraction of sp³-hybridized carbons (Fsp3) is 0.0909. The molecule has 0 saturated carbocycles. The summed E-state index contributed by atoms with van der Waals surface area (Å²) in [6.07, 6.45) is 0.840. The van der Waals surface area contributed by atoms with Crippen molar-refractivity contribution in [3.8, 4) is 0 Å². The molecule has 0 unspecified atom stereocenters. The zero-order valence-electron chi connectivity index (χ0n) is 8.44. The lowest BCUT2D eigenvalue weighted by atomic mass is 10.2. The van der Waals surface area contributed by atoms with E-state index in [4.69, 9.17) is 0 Å². The zero-order chi connectivity index (χ0) is 11.5. The molecule has 0 N–H and O–H groups in total. The van der Waals surface area contributed by atoms with Gasteiger partial charge in [0.1, 0.15) is 6.29 Å². The molecule has 0 spiro atoms. The highest BCUT2D eigenvalue weighted by Crippen LogP contribution is 2.35. The van der Waals surface area contributed by atoms with E-state index >= 15 is 0 Å². The van der Waals surface area contributed by atoms with Crippen LogP contribution in [0.5, 0.6) is 0 Å². The average molecular weight is 314 g/mol. The van der Waals surface area contributed by atoms with E-state index in [0.29, 0.717) is 5.56 Å². The lowest BCUT2D eigenvalue weighted by Crippen LogP contribution is -1.81. The minimum Gasteiger partial charge on any atom is -0.298 e. The predicted octanol–water partition coefficient (Wildman–Crippen LogP) is 4.18. The van der Waals surface area contributed by atoms with Crippen molar-refractivity contribution < 1.29 is 4.79 Å². The van der Waals surface area contributed by atoms with E-state index < -0.39 is 0 Å². The summed E-state index contributed by atoms with van der Waals surface area (Å²) in [5.74, 6) is 0. The van der Waals surface area contributed by atoms with Crippen molar-refractivity contribution in [3.05, 3.63) is 39.3 Å². The number of aryl methyl sites for hydroxylation is 1. The summed E-state index contributed by atoms with van der Waals surface area (Å²) in [4.78, 5) is 16.0. The number of aldehydes is 1. The Morgan fingerprint density at radius 2 is 2.31 bits per heavy atom. The van der Waals surface area contributed by atoms with Crippen molar-refractivity contribution in [1.82, 2.24) is 4.98 Å². The van der Waals surface area contributed by atoms with Crippen molar-refractivity contribution in [2.75, 3.05) is 0 Å². The maximum absolute atomic E-state index is 10.6.